The molecule has 29 heavy (non-hydrogen) atoms. The third kappa shape index (κ3) is 5.25. The summed E-state index contributed by atoms with van der Waals surface area (Å²) in [6.45, 7) is -0.182. The van der Waals surface area contributed by atoms with Gasteiger partial charge in [0.15, 0.2) is 0 Å². The van der Waals surface area contributed by atoms with Gasteiger partial charge in [-0.3, -0.25) is 4.98 Å². The van der Waals surface area contributed by atoms with Crippen LogP contribution in [0.3, 0.4) is 0 Å². The van der Waals surface area contributed by atoms with Crippen molar-refractivity contribution < 1.29 is 26.3 Å². The van der Waals surface area contributed by atoms with Crippen LogP contribution >= 0.6 is 0 Å². The molecular weight excluding hydrogens is 405 g/mol. The Kier molecular flexibility index (Phi) is 6.06. The van der Waals surface area contributed by atoms with Crippen molar-refractivity contribution in [3.05, 3.63) is 66.4 Å². The first-order chi connectivity index (χ1) is 13.8. The first-order valence-corrected chi connectivity index (χ1v) is 9.85. The van der Waals surface area contributed by atoms with Gasteiger partial charge in [-0.1, -0.05) is 30.0 Å². The van der Waals surface area contributed by atoms with Crippen LogP contribution in [0, 0.1) is 11.8 Å². The van der Waals surface area contributed by atoms with Gasteiger partial charge in [-0.15, -0.1) is 0 Å². The molecule has 0 amide bonds. The number of halogens is 3. The Morgan fingerprint density at radius 1 is 1.00 bits per heavy atom. The summed E-state index contributed by atoms with van der Waals surface area (Å²) in [6, 6.07) is 12.4. The quantitative estimate of drug-likeness (QED) is 0.641. The Morgan fingerprint density at radius 2 is 1.72 bits per heavy atom. The van der Waals surface area contributed by atoms with Gasteiger partial charge in [0.2, 0.25) is 10.0 Å². The first-order valence-electron chi connectivity index (χ1n) is 8.36. The summed E-state index contributed by atoms with van der Waals surface area (Å²) in [5.74, 6) is 5.83. The normalized spacial score (nSPS) is 11.7. The zero-order valence-electron chi connectivity index (χ0n) is 14.9. The lowest BCUT2D eigenvalue weighted by molar-refractivity contribution is -0.137. The van der Waals surface area contributed by atoms with Crippen molar-refractivity contribution in [3.8, 4) is 17.6 Å². The van der Waals surface area contributed by atoms with E-state index in [0.717, 1.165) is 17.5 Å². The van der Waals surface area contributed by atoms with Crippen molar-refractivity contribution >= 4 is 20.9 Å². The third-order valence-electron chi connectivity index (χ3n) is 3.86. The van der Waals surface area contributed by atoms with E-state index >= 15 is 0 Å². The second kappa shape index (κ2) is 8.51. The smallest absolute Gasteiger partial charge is 0.416 e. The van der Waals surface area contributed by atoms with E-state index in [0.29, 0.717) is 23.4 Å². The van der Waals surface area contributed by atoms with Gasteiger partial charge in [-0.2, -0.15) is 17.9 Å². The molecule has 0 spiro atoms. The summed E-state index contributed by atoms with van der Waals surface area (Å²) in [5, 5.41) is 0.919. The molecule has 0 saturated heterocycles. The van der Waals surface area contributed by atoms with E-state index in [2.05, 4.69) is 21.5 Å². The van der Waals surface area contributed by atoms with Crippen LogP contribution in [0.1, 0.15) is 5.56 Å². The predicted octanol–water partition coefficient (Wildman–Crippen LogP) is 3.61. The molecule has 0 bridgehead atoms. The van der Waals surface area contributed by atoms with Crippen LogP contribution < -0.4 is 9.46 Å². The van der Waals surface area contributed by atoms with E-state index in [-0.39, 0.29) is 18.0 Å². The fraction of sp³-hybridized carbons (Fsp3) is 0.150. The van der Waals surface area contributed by atoms with Gasteiger partial charge in [0.1, 0.15) is 17.9 Å². The minimum atomic E-state index is -4.53. The molecule has 1 N–H and O–H groups in total. The molecule has 0 aliphatic rings. The van der Waals surface area contributed by atoms with Crippen molar-refractivity contribution in [2.45, 2.75) is 11.1 Å². The highest BCUT2D eigenvalue weighted by molar-refractivity contribution is 7.89. The topological polar surface area (TPSA) is 68.3 Å². The fourth-order valence-electron chi connectivity index (χ4n) is 2.46. The Labute approximate surface area is 165 Å². The van der Waals surface area contributed by atoms with Gasteiger partial charge < -0.3 is 4.74 Å². The largest absolute Gasteiger partial charge is 0.479 e. The molecular formula is C20H15F3N2O3S. The molecule has 0 atom stereocenters. The van der Waals surface area contributed by atoms with Crippen molar-refractivity contribution in [1.29, 1.82) is 0 Å². The summed E-state index contributed by atoms with van der Waals surface area (Å²) in [4.78, 5) is 3.98. The number of rotatable bonds is 5. The Balaban J connectivity index is 1.55. The van der Waals surface area contributed by atoms with Crippen LogP contribution in [-0.2, 0) is 16.2 Å². The van der Waals surface area contributed by atoms with Gasteiger partial charge in [0.25, 0.3) is 0 Å². The van der Waals surface area contributed by atoms with Crippen LogP contribution in [0.15, 0.2) is 65.7 Å². The third-order valence-corrected chi connectivity index (χ3v) is 5.28. The molecule has 0 saturated carbocycles. The molecule has 0 radical (unpaired) electrons. The Hall–Kier alpha value is -3.09. The van der Waals surface area contributed by atoms with Crippen molar-refractivity contribution in [2.24, 2.45) is 0 Å². The highest BCUT2D eigenvalue weighted by Gasteiger charge is 2.30. The maximum Gasteiger partial charge on any atom is 0.416 e. The number of hydrogen-bond donors (Lipinski definition) is 1. The number of benzene rings is 2. The molecule has 0 aliphatic heterocycles. The molecule has 0 unspecified atom stereocenters. The highest BCUT2D eigenvalue weighted by atomic mass is 32.2. The number of alkyl halides is 3. The molecule has 2 aromatic carbocycles. The lowest BCUT2D eigenvalue weighted by atomic mass is 10.2. The number of para-hydroxylation sites is 1. The molecule has 1 heterocycles. The second-order valence-electron chi connectivity index (χ2n) is 5.82. The molecule has 3 rings (SSSR count). The van der Waals surface area contributed by atoms with E-state index in [4.69, 9.17) is 4.74 Å². The lowest BCUT2D eigenvalue weighted by Gasteiger charge is -2.08. The number of aromatic nitrogens is 1. The highest BCUT2D eigenvalue weighted by Crippen LogP contribution is 2.29. The van der Waals surface area contributed by atoms with E-state index in [9.17, 15) is 21.6 Å². The molecule has 1 aromatic heterocycles. The average Bonchev–Trinajstić information content (AvgIpc) is 2.70. The molecule has 3 aromatic rings. The van der Waals surface area contributed by atoms with Crippen LogP contribution in [0.25, 0.3) is 10.9 Å². The maximum atomic E-state index is 12.5. The number of pyridine rings is 1. The number of sulfonamides is 1. The monoisotopic (exact) mass is 420 g/mol. The van der Waals surface area contributed by atoms with Gasteiger partial charge >= 0.3 is 6.18 Å². The maximum absolute atomic E-state index is 12.5. The van der Waals surface area contributed by atoms with Gasteiger partial charge in [-0.25, -0.2) is 8.42 Å². The zero-order valence-corrected chi connectivity index (χ0v) is 15.7. The number of nitrogens with zero attached hydrogens (tertiary/aromatic N) is 1. The standard InChI is InChI=1S/C20H15F3N2O3S/c21-20(22,23)16-8-10-17(11-9-16)29(26,27)25-13-1-2-14-28-18-7-3-5-15-6-4-12-24-19(15)18/h3-12,25H,13-14H2. The van der Waals surface area contributed by atoms with Crippen LogP contribution in [0.5, 0.6) is 5.75 Å². The lowest BCUT2D eigenvalue weighted by Crippen LogP contribution is -2.24. The first kappa shape index (κ1) is 20.6. The summed E-state index contributed by atoms with van der Waals surface area (Å²) < 4.78 is 69.6. The fourth-order valence-corrected chi connectivity index (χ4v) is 3.38. The molecule has 0 aliphatic carbocycles. The summed E-state index contributed by atoms with van der Waals surface area (Å²) in [6.07, 6.45) is -2.88. The summed E-state index contributed by atoms with van der Waals surface area (Å²) >= 11 is 0. The van der Waals surface area contributed by atoms with E-state index in [1.807, 2.05) is 24.3 Å². The summed E-state index contributed by atoms with van der Waals surface area (Å²) in [7, 11) is -3.96. The van der Waals surface area contributed by atoms with Crippen LogP contribution in [0.2, 0.25) is 0 Å². The van der Waals surface area contributed by atoms with Crippen LogP contribution in [-0.4, -0.2) is 26.6 Å². The Morgan fingerprint density at radius 3 is 2.45 bits per heavy atom. The van der Waals surface area contributed by atoms with Crippen LogP contribution in [0.4, 0.5) is 13.2 Å². The average molecular weight is 420 g/mol. The van der Waals surface area contributed by atoms with Crippen molar-refractivity contribution in [3.63, 3.8) is 0 Å². The van der Waals surface area contributed by atoms with Gasteiger partial charge in [-0.05, 0) is 36.4 Å². The second-order valence-corrected chi connectivity index (χ2v) is 7.59. The zero-order chi connectivity index (χ0) is 20.9. The number of ether oxygens (including phenoxy) is 1. The van der Waals surface area contributed by atoms with E-state index in [1.54, 1.807) is 12.3 Å². The molecule has 0 fully saturated rings. The minimum absolute atomic E-state index is 0.0255. The van der Waals surface area contributed by atoms with Crippen molar-refractivity contribution in [2.75, 3.05) is 13.2 Å². The van der Waals surface area contributed by atoms with E-state index in [1.165, 1.54) is 0 Å². The van der Waals surface area contributed by atoms with Gasteiger partial charge in [0.05, 0.1) is 17.0 Å². The summed E-state index contributed by atoms with van der Waals surface area (Å²) in [5.41, 5.74) is -0.226. The SMILES string of the molecule is O=S(=O)(NCC#CCOc1cccc2cccnc12)c1ccc(C(F)(F)F)cc1. The number of fused-ring (bicyclic) bond motifs is 1. The molecule has 9 heteroatoms. The van der Waals surface area contributed by atoms with E-state index < -0.39 is 21.8 Å². The Bertz CT molecular complexity index is 1160. The van der Waals surface area contributed by atoms with Gasteiger partial charge in [0, 0.05) is 11.6 Å². The number of nitrogens with one attached hydrogen (secondary N) is 1. The van der Waals surface area contributed by atoms with Crippen molar-refractivity contribution in [1.82, 2.24) is 9.71 Å². The molecule has 150 valence electrons. The molecule has 5 nitrogen and oxygen atoms in total. The minimum Gasteiger partial charge on any atom is -0.479 e. The number of hydrogen-bond acceptors (Lipinski definition) is 4. The predicted molar refractivity (Wildman–Crippen MR) is 102 cm³/mol.